The van der Waals surface area contributed by atoms with E-state index in [1.54, 1.807) is 17.3 Å². The van der Waals surface area contributed by atoms with Crippen molar-refractivity contribution in [1.82, 2.24) is 24.4 Å². The molecule has 1 unspecified atom stereocenters. The number of ether oxygens (including phenoxy) is 2. The molecule has 0 radical (unpaired) electrons. The fraction of sp³-hybridized carbons (Fsp3) is 0.391. The van der Waals surface area contributed by atoms with Crippen molar-refractivity contribution < 1.29 is 14.3 Å². The van der Waals surface area contributed by atoms with Crippen molar-refractivity contribution in [3.63, 3.8) is 0 Å². The summed E-state index contributed by atoms with van der Waals surface area (Å²) >= 11 is 0. The Balaban J connectivity index is 1.43. The number of carbonyl (C=O) groups is 1. The molecule has 1 aromatic carbocycles. The second-order valence-electron chi connectivity index (χ2n) is 8.56. The molecule has 1 fully saturated rings. The molecule has 3 aromatic rings. The van der Waals surface area contributed by atoms with Crippen molar-refractivity contribution in [3.8, 4) is 23.0 Å². The molecule has 1 atom stereocenters. The molecule has 0 spiro atoms. The van der Waals surface area contributed by atoms with E-state index in [1.807, 2.05) is 61.9 Å². The van der Waals surface area contributed by atoms with Crippen molar-refractivity contribution >= 4 is 6.09 Å². The second kappa shape index (κ2) is 8.75. The van der Waals surface area contributed by atoms with Gasteiger partial charge in [-0.15, -0.1) is 0 Å². The number of likely N-dealkylation sites (tertiary alicyclic amines) is 1. The number of aromatic nitrogens is 4. The maximum atomic E-state index is 12.4. The number of imidazole rings is 1. The molecule has 162 valence electrons. The first-order valence-corrected chi connectivity index (χ1v) is 10.4. The monoisotopic (exact) mass is 421 g/mol. The molecule has 1 saturated heterocycles. The average molecular weight is 422 g/mol. The Morgan fingerprint density at radius 3 is 2.71 bits per heavy atom. The molecule has 31 heavy (non-hydrogen) atoms. The first kappa shape index (κ1) is 20.8. The zero-order valence-corrected chi connectivity index (χ0v) is 18.1. The van der Waals surface area contributed by atoms with Gasteiger partial charge in [0.25, 0.3) is 0 Å². The van der Waals surface area contributed by atoms with Crippen molar-refractivity contribution in [3.05, 3.63) is 55.2 Å². The summed E-state index contributed by atoms with van der Waals surface area (Å²) in [5, 5.41) is 0. The van der Waals surface area contributed by atoms with Gasteiger partial charge in [-0.25, -0.2) is 19.7 Å². The summed E-state index contributed by atoms with van der Waals surface area (Å²) in [6.07, 6.45) is 6.36. The average Bonchev–Trinajstić information content (AvgIpc) is 3.24. The fourth-order valence-corrected chi connectivity index (χ4v) is 3.44. The van der Waals surface area contributed by atoms with Gasteiger partial charge in [0.05, 0.1) is 12.2 Å². The van der Waals surface area contributed by atoms with Gasteiger partial charge >= 0.3 is 6.09 Å². The van der Waals surface area contributed by atoms with Crippen LogP contribution >= 0.6 is 0 Å². The van der Waals surface area contributed by atoms with Crippen LogP contribution in [0.4, 0.5) is 4.79 Å². The summed E-state index contributed by atoms with van der Waals surface area (Å²) < 4.78 is 13.4. The Morgan fingerprint density at radius 1 is 1.13 bits per heavy atom. The minimum absolute atomic E-state index is 0.147. The maximum Gasteiger partial charge on any atom is 0.410 e. The van der Waals surface area contributed by atoms with E-state index in [2.05, 4.69) is 15.0 Å². The van der Waals surface area contributed by atoms with Crippen molar-refractivity contribution in [2.75, 3.05) is 13.1 Å². The van der Waals surface area contributed by atoms with E-state index in [0.717, 1.165) is 24.1 Å². The van der Waals surface area contributed by atoms with Gasteiger partial charge < -0.3 is 14.4 Å². The third-order valence-corrected chi connectivity index (χ3v) is 4.86. The zero-order valence-electron chi connectivity index (χ0n) is 18.1. The molecule has 4 rings (SSSR count). The molecule has 0 N–H and O–H groups in total. The number of piperidine rings is 1. The predicted octanol–water partition coefficient (Wildman–Crippen LogP) is 4.11. The Hall–Kier alpha value is -3.42. The summed E-state index contributed by atoms with van der Waals surface area (Å²) in [6.45, 7) is 6.73. The van der Waals surface area contributed by atoms with Crippen LogP contribution in [-0.4, -0.2) is 55.3 Å². The van der Waals surface area contributed by atoms with Crippen molar-refractivity contribution in [2.45, 2.75) is 45.3 Å². The molecule has 0 aliphatic carbocycles. The Kier molecular flexibility index (Phi) is 5.88. The van der Waals surface area contributed by atoms with Crippen molar-refractivity contribution in [1.29, 1.82) is 0 Å². The number of rotatable bonds is 4. The molecule has 0 bridgehead atoms. The zero-order chi connectivity index (χ0) is 21.8. The van der Waals surface area contributed by atoms with E-state index in [9.17, 15) is 4.79 Å². The maximum absolute atomic E-state index is 12.4. The van der Waals surface area contributed by atoms with E-state index < -0.39 is 5.60 Å². The van der Waals surface area contributed by atoms with Gasteiger partial charge in [-0.2, -0.15) is 0 Å². The lowest BCUT2D eigenvalue weighted by molar-refractivity contribution is 0.00720. The van der Waals surface area contributed by atoms with Crippen LogP contribution in [0.15, 0.2) is 55.2 Å². The van der Waals surface area contributed by atoms with Gasteiger partial charge in [0.2, 0.25) is 5.88 Å². The van der Waals surface area contributed by atoms with E-state index in [-0.39, 0.29) is 12.2 Å². The quantitative estimate of drug-likeness (QED) is 0.631. The lowest BCUT2D eigenvalue weighted by Crippen LogP contribution is -2.46. The van der Waals surface area contributed by atoms with Gasteiger partial charge in [-0.1, -0.05) is 30.3 Å². The molecular formula is C23H27N5O3. The largest absolute Gasteiger partial charge is 0.472 e. The molecule has 8 heteroatoms. The molecule has 1 aliphatic rings. The second-order valence-corrected chi connectivity index (χ2v) is 8.56. The van der Waals surface area contributed by atoms with Crippen LogP contribution in [0.2, 0.25) is 0 Å². The molecule has 8 nitrogen and oxygen atoms in total. The molecular weight excluding hydrogens is 394 g/mol. The lowest BCUT2D eigenvalue weighted by Gasteiger charge is -2.33. The summed E-state index contributed by atoms with van der Waals surface area (Å²) in [6, 6.07) is 11.7. The van der Waals surface area contributed by atoms with Gasteiger partial charge in [0, 0.05) is 24.4 Å². The number of nitrogens with zero attached hydrogens (tertiary/aromatic N) is 5. The van der Waals surface area contributed by atoms with Crippen LogP contribution in [0.3, 0.4) is 0 Å². The van der Waals surface area contributed by atoms with Gasteiger partial charge in [0.15, 0.2) is 0 Å². The minimum Gasteiger partial charge on any atom is -0.472 e. The van der Waals surface area contributed by atoms with Crippen LogP contribution in [0.1, 0.15) is 33.6 Å². The Morgan fingerprint density at radius 2 is 1.94 bits per heavy atom. The van der Waals surface area contributed by atoms with Crippen LogP contribution < -0.4 is 4.74 Å². The Bertz CT molecular complexity index is 1030. The topological polar surface area (TPSA) is 82.4 Å². The number of hydrogen-bond acceptors (Lipinski definition) is 6. The minimum atomic E-state index is -0.518. The van der Waals surface area contributed by atoms with Gasteiger partial charge in [-0.3, -0.25) is 4.57 Å². The highest BCUT2D eigenvalue weighted by Crippen LogP contribution is 2.22. The highest BCUT2D eigenvalue weighted by molar-refractivity contribution is 5.68. The Labute approximate surface area is 181 Å². The first-order valence-electron chi connectivity index (χ1n) is 10.4. The van der Waals surface area contributed by atoms with Gasteiger partial charge in [0.1, 0.15) is 30.2 Å². The summed E-state index contributed by atoms with van der Waals surface area (Å²) in [5.74, 6) is 1.13. The SMILES string of the molecule is CC(C)(C)OC(=O)N1CCCC(Oc2cc(-n3cnc(-c4ccccc4)c3)ncn2)C1. The van der Waals surface area contributed by atoms with E-state index in [1.165, 1.54) is 6.33 Å². The predicted molar refractivity (Wildman–Crippen MR) is 116 cm³/mol. The molecule has 0 saturated carbocycles. The highest BCUT2D eigenvalue weighted by Gasteiger charge is 2.28. The molecule has 1 amide bonds. The van der Waals surface area contributed by atoms with Gasteiger partial charge in [-0.05, 0) is 33.6 Å². The first-order chi connectivity index (χ1) is 14.9. The van der Waals surface area contributed by atoms with E-state index in [4.69, 9.17) is 9.47 Å². The number of amides is 1. The number of carbonyl (C=O) groups excluding carboxylic acids is 1. The van der Waals surface area contributed by atoms with E-state index in [0.29, 0.717) is 24.8 Å². The normalized spacial score (nSPS) is 16.7. The molecule has 3 heterocycles. The molecule has 1 aliphatic heterocycles. The highest BCUT2D eigenvalue weighted by atomic mass is 16.6. The smallest absolute Gasteiger partial charge is 0.410 e. The molecule has 2 aromatic heterocycles. The number of benzene rings is 1. The third kappa shape index (κ3) is 5.39. The number of hydrogen-bond donors (Lipinski definition) is 0. The summed E-state index contributed by atoms with van der Waals surface area (Å²) in [4.78, 5) is 27.1. The van der Waals surface area contributed by atoms with Crippen LogP contribution in [0.25, 0.3) is 17.1 Å². The van der Waals surface area contributed by atoms with Crippen LogP contribution in [-0.2, 0) is 4.74 Å². The van der Waals surface area contributed by atoms with Crippen LogP contribution in [0, 0.1) is 0 Å². The van der Waals surface area contributed by atoms with E-state index >= 15 is 0 Å². The standard InChI is InChI=1S/C23H27N5O3/c1-23(2,3)31-22(29)27-11-7-10-18(13-27)30-21-12-20(24-15-25-21)28-14-19(26-16-28)17-8-5-4-6-9-17/h4-6,8-9,12,14-16,18H,7,10-11,13H2,1-3H3. The fourth-order valence-electron chi connectivity index (χ4n) is 3.44. The van der Waals surface area contributed by atoms with Crippen molar-refractivity contribution in [2.24, 2.45) is 0 Å². The third-order valence-electron chi connectivity index (χ3n) is 4.86. The summed E-state index contributed by atoms with van der Waals surface area (Å²) in [7, 11) is 0. The lowest BCUT2D eigenvalue weighted by atomic mass is 10.1. The summed E-state index contributed by atoms with van der Waals surface area (Å²) in [5.41, 5.74) is 1.38. The van der Waals surface area contributed by atoms with Crippen LogP contribution in [0.5, 0.6) is 5.88 Å².